The summed E-state index contributed by atoms with van der Waals surface area (Å²) in [7, 11) is 0. The number of ketones is 1. The van der Waals surface area contributed by atoms with E-state index in [0.29, 0.717) is 18.6 Å². The van der Waals surface area contributed by atoms with Gasteiger partial charge in [-0.2, -0.15) is 0 Å². The molecule has 0 unspecified atom stereocenters. The molecule has 2 rings (SSSR count). The summed E-state index contributed by atoms with van der Waals surface area (Å²) in [4.78, 5) is 20.5. The van der Waals surface area contributed by atoms with E-state index in [1.54, 1.807) is 0 Å². The van der Waals surface area contributed by atoms with E-state index in [1.165, 1.54) is 0 Å². The first-order valence-electron chi connectivity index (χ1n) is 4.54. The summed E-state index contributed by atoms with van der Waals surface area (Å²) in [5, 5.41) is 0. The van der Waals surface area contributed by atoms with Crippen LogP contribution in [0, 0.1) is 6.92 Å². The number of aromatic amines is 1. The lowest BCUT2D eigenvalue weighted by Gasteiger charge is -2.25. The number of anilines is 1. The maximum atomic E-state index is 11.0. The minimum atomic E-state index is 0.361. The molecule has 1 fully saturated rings. The molecule has 70 valence electrons. The Morgan fingerprint density at radius 3 is 2.69 bits per heavy atom. The Hall–Kier alpha value is -1.32. The number of rotatable bonds is 1. The molecule has 1 aromatic rings. The lowest BCUT2D eigenvalue weighted by atomic mass is 10.1. The number of aryl methyl sites for hydroxylation is 1. The van der Waals surface area contributed by atoms with Gasteiger partial charge in [-0.1, -0.05) is 0 Å². The molecule has 0 spiro atoms. The Morgan fingerprint density at radius 1 is 1.46 bits per heavy atom. The molecule has 0 aromatic carbocycles. The molecule has 0 atom stereocenters. The zero-order valence-corrected chi connectivity index (χ0v) is 7.71. The highest BCUT2D eigenvalue weighted by atomic mass is 16.1. The van der Waals surface area contributed by atoms with Crippen molar-refractivity contribution < 1.29 is 4.79 Å². The standard InChI is InChI=1S/C9H13N3O/c1-7-6-10-9(11-7)12-4-2-8(13)3-5-12/h6H,2-5H2,1H3,(H,10,11). The van der Waals surface area contributed by atoms with Gasteiger partial charge in [-0.25, -0.2) is 4.98 Å². The first-order chi connectivity index (χ1) is 6.25. The number of imidazole rings is 1. The van der Waals surface area contributed by atoms with Crippen LogP contribution < -0.4 is 4.90 Å². The number of H-pyrrole nitrogens is 1. The van der Waals surface area contributed by atoms with Crippen molar-refractivity contribution in [1.29, 1.82) is 0 Å². The fourth-order valence-electron chi connectivity index (χ4n) is 1.53. The Balaban J connectivity index is 2.06. The van der Waals surface area contributed by atoms with Crippen LogP contribution in [0.4, 0.5) is 5.95 Å². The van der Waals surface area contributed by atoms with Gasteiger partial charge in [0.05, 0.1) is 0 Å². The van der Waals surface area contributed by atoms with E-state index in [9.17, 15) is 4.79 Å². The number of aromatic nitrogens is 2. The molecule has 4 heteroatoms. The van der Waals surface area contributed by atoms with Gasteiger partial charge < -0.3 is 9.88 Å². The third-order valence-electron chi connectivity index (χ3n) is 2.31. The Bertz CT molecular complexity index is 308. The van der Waals surface area contributed by atoms with Crippen molar-refractivity contribution in [2.45, 2.75) is 19.8 Å². The van der Waals surface area contributed by atoms with Gasteiger partial charge in [0, 0.05) is 37.8 Å². The predicted octanol–water partition coefficient (Wildman–Crippen LogP) is 0.887. The van der Waals surface area contributed by atoms with Gasteiger partial charge in [-0.15, -0.1) is 0 Å². The maximum absolute atomic E-state index is 11.0. The van der Waals surface area contributed by atoms with E-state index in [2.05, 4.69) is 14.9 Å². The molecule has 4 nitrogen and oxygen atoms in total. The summed E-state index contributed by atoms with van der Waals surface area (Å²) in [6.07, 6.45) is 3.12. The minimum Gasteiger partial charge on any atom is -0.342 e. The van der Waals surface area contributed by atoms with Crippen LogP contribution in [0.15, 0.2) is 6.20 Å². The third kappa shape index (κ3) is 1.71. The van der Waals surface area contributed by atoms with Gasteiger partial charge >= 0.3 is 0 Å². The fourth-order valence-corrected chi connectivity index (χ4v) is 1.53. The van der Waals surface area contributed by atoms with Gasteiger partial charge in [0.1, 0.15) is 5.78 Å². The molecule has 1 aliphatic heterocycles. The number of Topliss-reactive ketones (excluding diaryl/α,β-unsaturated/α-hetero) is 1. The molecule has 0 bridgehead atoms. The van der Waals surface area contributed by atoms with Crippen molar-refractivity contribution in [3.05, 3.63) is 11.9 Å². The first kappa shape index (κ1) is 8.29. The van der Waals surface area contributed by atoms with E-state index in [4.69, 9.17) is 0 Å². The summed E-state index contributed by atoms with van der Waals surface area (Å²) in [6, 6.07) is 0. The number of piperidine rings is 1. The van der Waals surface area contributed by atoms with Crippen molar-refractivity contribution in [2.24, 2.45) is 0 Å². The highest BCUT2D eigenvalue weighted by molar-refractivity contribution is 5.80. The van der Waals surface area contributed by atoms with Crippen molar-refractivity contribution in [3.8, 4) is 0 Å². The molecule has 1 N–H and O–H groups in total. The Labute approximate surface area is 77.0 Å². The van der Waals surface area contributed by atoms with E-state index < -0.39 is 0 Å². The zero-order valence-electron chi connectivity index (χ0n) is 7.71. The monoisotopic (exact) mass is 179 g/mol. The van der Waals surface area contributed by atoms with Crippen LogP contribution in [-0.2, 0) is 4.79 Å². The summed E-state index contributed by atoms with van der Waals surface area (Å²) in [6.45, 7) is 3.57. The van der Waals surface area contributed by atoms with Gasteiger partial charge in [0.25, 0.3) is 0 Å². The Morgan fingerprint density at radius 2 is 2.15 bits per heavy atom. The molecule has 0 amide bonds. The van der Waals surface area contributed by atoms with Crippen LogP contribution in [0.25, 0.3) is 0 Å². The largest absolute Gasteiger partial charge is 0.342 e. The molecule has 2 heterocycles. The zero-order chi connectivity index (χ0) is 9.26. The van der Waals surface area contributed by atoms with Crippen LogP contribution in [0.2, 0.25) is 0 Å². The minimum absolute atomic E-state index is 0.361. The second-order valence-electron chi connectivity index (χ2n) is 3.42. The number of carbonyl (C=O) groups is 1. The maximum Gasteiger partial charge on any atom is 0.202 e. The smallest absolute Gasteiger partial charge is 0.202 e. The van der Waals surface area contributed by atoms with E-state index >= 15 is 0 Å². The second-order valence-corrected chi connectivity index (χ2v) is 3.42. The summed E-state index contributed by atoms with van der Waals surface area (Å²) >= 11 is 0. The van der Waals surface area contributed by atoms with Crippen molar-refractivity contribution in [3.63, 3.8) is 0 Å². The van der Waals surface area contributed by atoms with Crippen molar-refractivity contribution in [2.75, 3.05) is 18.0 Å². The molecule has 0 radical (unpaired) electrons. The fraction of sp³-hybridized carbons (Fsp3) is 0.556. The van der Waals surface area contributed by atoms with E-state index in [-0.39, 0.29) is 0 Å². The van der Waals surface area contributed by atoms with Crippen LogP contribution in [0.5, 0.6) is 0 Å². The molecule has 1 saturated heterocycles. The summed E-state index contributed by atoms with van der Waals surface area (Å²) < 4.78 is 0. The Kier molecular flexibility index (Phi) is 2.04. The van der Waals surface area contributed by atoms with Gasteiger partial charge in [0.2, 0.25) is 5.95 Å². The number of hydrogen-bond acceptors (Lipinski definition) is 3. The van der Waals surface area contributed by atoms with E-state index in [0.717, 1.165) is 24.7 Å². The number of hydrogen-bond donors (Lipinski definition) is 1. The predicted molar refractivity (Wildman–Crippen MR) is 49.8 cm³/mol. The van der Waals surface area contributed by atoms with Crippen LogP contribution in [-0.4, -0.2) is 28.8 Å². The van der Waals surface area contributed by atoms with Gasteiger partial charge in [-0.3, -0.25) is 4.79 Å². The number of nitrogens with one attached hydrogen (secondary N) is 1. The second kappa shape index (κ2) is 3.20. The van der Waals surface area contributed by atoms with E-state index in [1.807, 2.05) is 13.1 Å². The lowest BCUT2D eigenvalue weighted by Crippen LogP contribution is -2.34. The van der Waals surface area contributed by atoms with Gasteiger partial charge in [0.15, 0.2) is 0 Å². The average molecular weight is 179 g/mol. The third-order valence-corrected chi connectivity index (χ3v) is 2.31. The number of nitrogens with zero attached hydrogens (tertiary/aromatic N) is 2. The normalized spacial score (nSPS) is 17.9. The topological polar surface area (TPSA) is 49.0 Å². The summed E-state index contributed by atoms with van der Waals surface area (Å²) in [5.41, 5.74) is 1.06. The molecule has 1 aromatic heterocycles. The van der Waals surface area contributed by atoms with Crippen LogP contribution >= 0.6 is 0 Å². The average Bonchev–Trinajstić information content (AvgIpc) is 2.53. The lowest BCUT2D eigenvalue weighted by molar-refractivity contribution is -0.119. The molecular weight excluding hydrogens is 166 g/mol. The SMILES string of the molecule is Cc1cnc(N2CCC(=O)CC2)[nH]1. The van der Waals surface area contributed by atoms with Crippen LogP contribution in [0.3, 0.4) is 0 Å². The highest BCUT2D eigenvalue weighted by Crippen LogP contribution is 2.13. The molecule has 1 aliphatic rings. The quantitative estimate of drug-likeness (QED) is 0.696. The summed E-state index contributed by atoms with van der Waals surface area (Å²) in [5.74, 6) is 1.25. The van der Waals surface area contributed by atoms with Crippen molar-refractivity contribution >= 4 is 11.7 Å². The molecular formula is C9H13N3O. The number of carbonyl (C=O) groups excluding carboxylic acids is 1. The molecule has 0 saturated carbocycles. The van der Waals surface area contributed by atoms with Gasteiger partial charge in [-0.05, 0) is 6.92 Å². The highest BCUT2D eigenvalue weighted by Gasteiger charge is 2.17. The van der Waals surface area contributed by atoms with Crippen LogP contribution in [0.1, 0.15) is 18.5 Å². The van der Waals surface area contributed by atoms with Crippen molar-refractivity contribution in [1.82, 2.24) is 9.97 Å². The molecule has 0 aliphatic carbocycles. The molecule has 13 heavy (non-hydrogen) atoms. The first-order valence-corrected chi connectivity index (χ1v) is 4.54.